The predicted molar refractivity (Wildman–Crippen MR) is 98.2 cm³/mol. The van der Waals surface area contributed by atoms with E-state index in [4.69, 9.17) is 25.8 Å². The van der Waals surface area contributed by atoms with Gasteiger partial charge in [-0.25, -0.2) is 0 Å². The molecule has 4 rings (SSSR count). The summed E-state index contributed by atoms with van der Waals surface area (Å²) < 4.78 is 16.9. The largest absolute Gasteiger partial charge is 0.486 e. The van der Waals surface area contributed by atoms with Crippen molar-refractivity contribution in [2.45, 2.75) is 25.3 Å². The lowest BCUT2D eigenvalue weighted by molar-refractivity contribution is -0.123. The average molecular weight is 374 g/mol. The molecule has 1 aliphatic carbocycles. The van der Waals surface area contributed by atoms with Crippen molar-refractivity contribution in [2.75, 3.05) is 19.8 Å². The van der Waals surface area contributed by atoms with Gasteiger partial charge < -0.3 is 19.5 Å². The molecule has 2 aromatic carbocycles. The van der Waals surface area contributed by atoms with Crippen LogP contribution in [0.5, 0.6) is 17.2 Å². The lowest BCUT2D eigenvalue weighted by atomic mass is 9.87. The summed E-state index contributed by atoms with van der Waals surface area (Å²) in [7, 11) is 0. The van der Waals surface area contributed by atoms with Crippen LogP contribution in [0.4, 0.5) is 0 Å². The molecule has 0 saturated carbocycles. The molecule has 0 spiro atoms. The number of benzene rings is 2. The number of halogens is 1. The Bertz CT molecular complexity index is 806. The number of ether oxygens (including phenoxy) is 3. The molecule has 0 fully saturated rings. The molecule has 136 valence electrons. The summed E-state index contributed by atoms with van der Waals surface area (Å²) in [5.41, 5.74) is 2.32. The topological polar surface area (TPSA) is 56.8 Å². The Balaban J connectivity index is 1.42. The zero-order chi connectivity index (χ0) is 17.9. The number of aryl methyl sites for hydroxylation is 1. The van der Waals surface area contributed by atoms with Gasteiger partial charge in [-0.15, -0.1) is 0 Å². The zero-order valence-corrected chi connectivity index (χ0v) is 15.1. The first-order valence-corrected chi connectivity index (χ1v) is 9.17. The quantitative estimate of drug-likeness (QED) is 0.888. The smallest absolute Gasteiger partial charge is 0.258 e. The Kier molecular flexibility index (Phi) is 4.89. The van der Waals surface area contributed by atoms with Gasteiger partial charge in [-0.1, -0.05) is 11.6 Å². The number of hydrogen-bond donors (Lipinski definition) is 1. The van der Waals surface area contributed by atoms with E-state index < -0.39 is 0 Å². The fourth-order valence-corrected chi connectivity index (χ4v) is 3.53. The molecule has 0 aromatic heterocycles. The van der Waals surface area contributed by atoms with Crippen molar-refractivity contribution in [3.63, 3.8) is 0 Å². The summed E-state index contributed by atoms with van der Waals surface area (Å²) >= 11 is 5.85. The Hall–Kier alpha value is -2.40. The van der Waals surface area contributed by atoms with Gasteiger partial charge >= 0.3 is 0 Å². The third kappa shape index (κ3) is 3.73. The number of hydrogen-bond acceptors (Lipinski definition) is 4. The van der Waals surface area contributed by atoms with E-state index in [1.807, 2.05) is 12.1 Å². The number of nitrogens with one attached hydrogen (secondary N) is 1. The highest BCUT2D eigenvalue weighted by molar-refractivity contribution is 6.30. The lowest BCUT2D eigenvalue weighted by Gasteiger charge is -2.29. The molecule has 0 radical (unpaired) electrons. The molecule has 0 saturated heterocycles. The third-order valence-electron chi connectivity index (χ3n) is 4.64. The molecule has 1 amide bonds. The van der Waals surface area contributed by atoms with Crippen LogP contribution in [0.3, 0.4) is 0 Å². The summed E-state index contributed by atoms with van der Waals surface area (Å²) in [6, 6.07) is 11.0. The van der Waals surface area contributed by atoms with Crippen LogP contribution < -0.4 is 19.5 Å². The second-order valence-electron chi connectivity index (χ2n) is 6.45. The van der Waals surface area contributed by atoms with Crippen LogP contribution in [0.1, 0.15) is 30.0 Å². The molecule has 5 nitrogen and oxygen atoms in total. The number of fused-ring (bicyclic) bond motifs is 2. The van der Waals surface area contributed by atoms with E-state index in [1.165, 1.54) is 5.56 Å². The fraction of sp³-hybridized carbons (Fsp3) is 0.350. The minimum atomic E-state index is -0.146. The summed E-state index contributed by atoms with van der Waals surface area (Å²) in [4.78, 5) is 12.3. The second-order valence-corrected chi connectivity index (χ2v) is 6.89. The van der Waals surface area contributed by atoms with Crippen LogP contribution in [-0.4, -0.2) is 25.7 Å². The van der Waals surface area contributed by atoms with Crippen LogP contribution in [0.2, 0.25) is 5.02 Å². The highest BCUT2D eigenvalue weighted by atomic mass is 35.5. The summed E-state index contributed by atoms with van der Waals surface area (Å²) in [6.45, 7) is 1.10. The first-order chi connectivity index (χ1) is 12.7. The number of carbonyl (C=O) groups excluding carboxylic acids is 1. The Labute approximate surface area is 157 Å². The normalized spacial score (nSPS) is 18.0. The Morgan fingerprint density at radius 1 is 1.15 bits per heavy atom. The van der Waals surface area contributed by atoms with Gasteiger partial charge in [-0.05, 0) is 66.8 Å². The number of amides is 1. The minimum absolute atomic E-state index is 0.0297. The van der Waals surface area contributed by atoms with Crippen molar-refractivity contribution in [1.29, 1.82) is 0 Å². The van der Waals surface area contributed by atoms with Gasteiger partial charge in [0.25, 0.3) is 5.91 Å². The van der Waals surface area contributed by atoms with Crippen molar-refractivity contribution >= 4 is 17.5 Å². The van der Waals surface area contributed by atoms with E-state index in [2.05, 4.69) is 5.32 Å². The zero-order valence-electron chi connectivity index (χ0n) is 14.3. The summed E-state index contributed by atoms with van der Waals surface area (Å²) in [6.07, 6.45) is 2.91. The fourth-order valence-electron chi connectivity index (χ4n) is 3.41. The molecule has 0 bridgehead atoms. The Morgan fingerprint density at radius 3 is 2.65 bits per heavy atom. The van der Waals surface area contributed by atoms with Crippen LogP contribution in [0.15, 0.2) is 36.4 Å². The average Bonchev–Trinajstić information content (AvgIpc) is 2.66. The van der Waals surface area contributed by atoms with Gasteiger partial charge in [0.05, 0.1) is 6.04 Å². The lowest BCUT2D eigenvalue weighted by Crippen LogP contribution is -2.34. The minimum Gasteiger partial charge on any atom is -0.486 e. The predicted octanol–water partition coefficient (Wildman–Crippen LogP) is 3.68. The molecule has 1 heterocycles. The standard InChI is InChI=1S/C20H20ClNO4/c21-14-4-6-15(7-5-14)26-12-20(23)22-17-3-1-2-13-10-18-19(11-16(13)17)25-9-8-24-18/h4-7,10-11,17H,1-3,8-9,12H2,(H,22,23). The van der Waals surface area contributed by atoms with Gasteiger partial charge in [-0.3, -0.25) is 4.79 Å². The van der Waals surface area contributed by atoms with E-state index in [0.717, 1.165) is 36.3 Å². The molecular formula is C20H20ClNO4. The van der Waals surface area contributed by atoms with Gasteiger partial charge in [-0.2, -0.15) is 0 Å². The van der Waals surface area contributed by atoms with Crippen LogP contribution in [0, 0.1) is 0 Å². The highest BCUT2D eigenvalue weighted by Gasteiger charge is 2.25. The van der Waals surface area contributed by atoms with E-state index in [0.29, 0.717) is 24.0 Å². The van der Waals surface area contributed by atoms with Crippen molar-refractivity contribution in [1.82, 2.24) is 5.32 Å². The maximum atomic E-state index is 12.3. The number of rotatable bonds is 4. The molecule has 1 unspecified atom stereocenters. The molecule has 1 atom stereocenters. The van der Waals surface area contributed by atoms with E-state index in [-0.39, 0.29) is 18.6 Å². The van der Waals surface area contributed by atoms with Crippen molar-refractivity contribution in [3.8, 4) is 17.2 Å². The monoisotopic (exact) mass is 373 g/mol. The summed E-state index contributed by atoms with van der Waals surface area (Å²) in [5.74, 6) is 2.03. The second kappa shape index (κ2) is 7.46. The van der Waals surface area contributed by atoms with Crippen LogP contribution >= 0.6 is 11.6 Å². The van der Waals surface area contributed by atoms with Crippen molar-refractivity contribution in [2.24, 2.45) is 0 Å². The van der Waals surface area contributed by atoms with E-state index in [9.17, 15) is 4.79 Å². The van der Waals surface area contributed by atoms with Gasteiger partial charge in [0.15, 0.2) is 18.1 Å². The summed E-state index contributed by atoms with van der Waals surface area (Å²) in [5, 5.41) is 3.71. The third-order valence-corrected chi connectivity index (χ3v) is 4.89. The molecule has 2 aromatic rings. The van der Waals surface area contributed by atoms with Gasteiger partial charge in [0.2, 0.25) is 0 Å². The number of carbonyl (C=O) groups is 1. The molecule has 1 aliphatic heterocycles. The molecular weight excluding hydrogens is 354 g/mol. The van der Waals surface area contributed by atoms with Crippen molar-refractivity contribution < 1.29 is 19.0 Å². The first-order valence-electron chi connectivity index (χ1n) is 8.79. The molecule has 6 heteroatoms. The van der Waals surface area contributed by atoms with Crippen LogP contribution in [-0.2, 0) is 11.2 Å². The van der Waals surface area contributed by atoms with Gasteiger partial charge in [0.1, 0.15) is 19.0 Å². The first kappa shape index (κ1) is 17.0. The molecule has 26 heavy (non-hydrogen) atoms. The van der Waals surface area contributed by atoms with Crippen molar-refractivity contribution in [3.05, 3.63) is 52.5 Å². The maximum absolute atomic E-state index is 12.3. The van der Waals surface area contributed by atoms with Crippen LogP contribution in [0.25, 0.3) is 0 Å². The van der Waals surface area contributed by atoms with E-state index >= 15 is 0 Å². The van der Waals surface area contributed by atoms with E-state index in [1.54, 1.807) is 24.3 Å². The SMILES string of the molecule is O=C(COc1ccc(Cl)cc1)NC1CCCc2cc3c(cc21)OCCO3. The Morgan fingerprint density at radius 2 is 1.88 bits per heavy atom. The highest BCUT2D eigenvalue weighted by Crippen LogP contribution is 2.39. The molecule has 1 N–H and O–H groups in total. The maximum Gasteiger partial charge on any atom is 0.258 e. The molecule has 2 aliphatic rings. The van der Waals surface area contributed by atoms with Gasteiger partial charge in [0, 0.05) is 5.02 Å².